The average Bonchev–Trinajstić information content (AvgIpc) is 3.03. The molecule has 0 bridgehead atoms. The van der Waals surface area contributed by atoms with Gasteiger partial charge in [-0.15, -0.1) is 0 Å². The Morgan fingerprint density at radius 2 is 1.57 bits per heavy atom. The molecule has 0 unspecified atom stereocenters. The molecule has 0 aromatic heterocycles. The minimum Gasteiger partial charge on any atom is -0.377 e. The molecule has 1 aliphatic rings. The highest BCUT2D eigenvalue weighted by Crippen LogP contribution is 2.34. The molecule has 84 valence electrons. The molecule has 0 saturated heterocycles. The van der Waals surface area contributed by atoms with Gasteiger partial charge in [-0.1, -0.05) is 25.7 Å². The highest BCUT2D eigenvalue weighted by molar-refractivity contribution is 6.60. The van der Waals surface area contributed by atoms with Gasteiger partial charge < -0.3 is 13.3 Å². The molecule has 0 aliphatic heterocycles. The Labute approximate surface area is 88.1 Å². The SMILES string of the molecule is CO[Si](CCCCC1CC1)(OC)OC. The Balaban J connectivity index is 2.11. The van der Waals surface area contributed by atoms with E-state index in [2.05, 4.69) is 0 Å². The Kier molecular flexibility index (Phi) is 5.09. The van der Waals surface area contributed by atoms with Crippen LogP contribution in [0.15, 0.2) is 0 Å². The molecule has 0 atom stereocenters. The van der Waals surface area contributed by atoms with Crippen LogP contribution in [0, 0.1) is 5.92 Å². The van der Waals surface area contributed by atoms with E-state index >= 15 is 0 Å². The topological polar surface area (TPSA) is 27.7 Å². The Morgan fingerprint density at radius 1 is 1.00 bits per heavy atom. The van der Waals surface area contributed by atoms with Crippen LogP contribution in [0.5, 0.6) is 0 Å². The molecule has 0 spiro atoms. The first-order chi connectivity index (χ1) is 6.76. The van der Waals surface area contributed by atoms with Crippen molar-refractivity contribution in [2.24, 2.45) is 5.92 Å². The second-order valence-corrected chi connectivity index (χ2v) is 7.08. The fourth-order valence-corrected chi connectivity index (χ4v) is 3.53. The van der Waals surface area contributed by atoms with Crippen LogP contribution in [0.3, 0.4) is 0 Å². The molecule has 0 amide bonds. The molecule has 14 heavy (non-hydrogen) atoms. The van der Waals surface area contributed by atoms with Gasteiger partial charge in [0.1, 0.15) is 0 Å². The predicted octanol–water partition coefficient (Wildman–Crippen LogP) is 2.44. The summed E-state index contributed by atoms with van der Waals surface area (Å²) >= 11 is 0. The number of hydrogen-bond donors (Lipinski definition) is 0. The van der Waals surface area contributed by atoms with Gasteiger partial charge in [0.2, 0.25) is 0 Å². The van der Waals surface area contributed by atoms with E-state index in [1.54, 1.807) is 21.3 Å². The Morgan fingerprint density at radius 3 is 2.00 bits per heavy atom. The van der Waals surface area contributed by atoms with Gasteiger partial charge in [-0.05, 0) is 12.3 Å². The maximum Gasteiger partial charge on any atom is 0.500 e. The van der Waals surface area contributed by atoms with Crippen LogP contribution < -0.4 is 0 Å². The van der Waals surface area contributed by atoms with Crippen LogP contribution in [-0.2, 0) is 13.3 Å². The molecule has 0 radical (unpaired) electrons. The van der Waals surface area contributed by atoms with Crippen molar-refractivity contribution >= 4 is 8.80 Å². The Hall–Kier alpha value is 0.0969. The summed E-state index contributed by atoms with van der Waals surface area (Å²) in [4.78, 5) is 0. The number of unbranched alkanes of at least 4 members (excludes halogenated alkanes) is 1. The summed E-state index contributed by atoms with van der Waals surface area (Å²) in [6.07, 6.45) is 6.72. The van der Waals surface area contributed by atoms with Crippen LogP contribution >= 0.6 is 0 Å². The lowest BCUT2D eigenvalue weighted by atomic mass is 10.2. The van der Waals surface area contributed by atoms with Gasteiger partial charge in [-0.2, -0.15) is 0 Å². The van der Waals surface area contributed by atoms with E-state index in [1.165, 1.54) is 25.7 Å². The van der Waals surface area contributed by atoms with Crippen molar-refractivity contribution in [3.63, 3.8) is 0 Å². The second-order valence-electron chi connectivity index (χ2n) is 3.98. The van der Waals surface area contributed by atoms with Crippen LogP contribution in [0.25, 0.3) is 0 Å². The number of rotatable bonds is 8. The molecule has 1 fully saturated rings. The highest BCUT2D eigenvalue weighted by Gasteiger charge is 2.36. The normalized spacial score (nSPS) is 17.4. The van der Waals surface area contributed by atoms with E-state index in [1.807, 2.05) is 0 Å². The zero-order valence-corrected chi connectivity index (χ0v) is 10.5. The lowest BCUT2D eigenvalue weighted by Crippen LogP contribution is -2.42. The first-order valence-electron chi connectivity index (χ1n) is 5.42. The minimum atomic E-state index is -2.27. The van der Waals surface area contributed by atoms with Crippen molar-refractivity contribution in [2.75, 3.05) is 21.3 Å². The molecule has 1 rings (SSSR count). The molecule has 0 N–H and O–H groups in total. The van der Waals surface area contributed by atoms with Gasteiger partial charge in [0, 0.05) is 27.4 Å². The summed E-state index contributed by atoms with van der Waals surface area (Å²) in [5.74, 6) is 1.03. The fourth-order valence-electron chi connectivity index (χ4n) is 1.74. The standard InChI is InChI=1S/C10H22O3Si/c1-11-14(12-2,13-3)9-5-4-6-10-7-8-10/h10H,4-9H2,1-3H3. The van der Waals surface area contributed by atoms with E-state index in [0.717, 1.165) is 18.4 Å². The smallest absolute Gasteiger partial charge is 0.377 e. The zero-order chi connectivity index (χ0) is 10.4. The summed E-state index contributed by atoms with van der Waals surface area (Å²) in [6.45, 7) is 0. The highest BCUT2D eigenvalue weighted by atomic mass is 28.4. The van der Waals surface area contributed by atoms with Crippen molar-refractivity contribution in [3.05, 3.63) is 0 Å². The molecule has 0 aromatic rings. The third-order valence-electron chi connectivity index (χ3n) is 2.98. The molecular formula is C10H22O3Si. The van der Waals surface area contributed by atoms with E-state index in [4.69, 9.17) is 13.3 Å². The predicted molar refractivity (Wildman–Crippen MR) is 58.2 cm³/mol. The van der Waals surface area contributed by atoms with Gasteiger partial charge in [0.25, 0.3) is 0 Å². The molecule has 3 nitrogen and oxygen atoms in total. The first kappa shape index (κ1) is 12.2. The number of hydrogen-bond acceptors (Lipinski definition) is 3. The van der Waals surface area contributed by atoms with Gasteiger partial charge in [0.15, 0.2) is 0 Å². The van der Waals surface area contributed by atoms with Gasteiger partial charge in [0.05, 0.1) is 0 Å². The van der Waals surface area contributed by atoms with Crippen molar-refractivity contribution in [1.82, 2.24) is 0 Å². The maximum absolute atomic E-state index is 5.35. The van der Waals surface area contributed by atoms with Gasteiger partial charge in [-0.25, -0.2) is 0 Å². The molecule has 1 saturated carbocycles. The van der Waals surface area contributed by atoms with Crippen LogP contribution in [0.4, 0.5) is 0 Å². The van der Waals surface area contributed by atoms with E-state index < -0.39 is 8.80 Å². The molecule has 0 heterocycles. The monoisotopic (exact) mass is 218 g/mol. The largest absolute Gasteiger partial charge is 0.500 e. The van der Waals surface area contributed by atoms with Crippen molar-refractivity contribution < 1.29 is 13.3 Å². The maximum atomic E-state index is 5.35. The molecule has 4 heteroatoms. The first-order valence-corrected chi connectivity index (χ1v) is 7.35. The summed E-state index contributed by atoms with van der Waals surface area (Å²) in [5.41, 5.74) is 0. The molecule has 1 aliphatic carbocycles. The van der Waals surface area contributed by atoms with E-state index in [9.17, 15) is 0 Å². The lowest BCUT2D eigenvalue weighted by Gasteiger charge is -2.24. The molecule has 0 aromatic carbocycles. The van der Waals surface area contributed by atoms with E-state index in [0.29, 0.717) is 0 Å². The third-order valence-corrected chi connectivity index (χ3v) is 5.81. The summed E-state index contributed by atoms with van der Waals surface area (Å²) in [7, 11) is 2.77. The summed E-state index contributed by atoms with van der Waals surface area (Å²) in [5, 5.41) is 0. The lowest BCUT2D eigenvalue weighted by molar-refractivity contribution is 0.122. The second kappa shape index (κ2) is 5.85. The summed E-state index contributed by atoms with van der Waals surface area (Å²) < 4.78 is 16.1. The third kappa shape index (κ3) is 3.69. The van der Waals surface area contributed by atoms with Crippen molar-refractivity contribution in [3.8, 4) is 0 Å². The van der Waals surface area contributed by atoms with Crippen LogP contribution in [-0.4, -0.2) is 30.1 Å². The minimum absolute atomic E-state index is 0.948. The van der Waals surface area contributed by atoms with Crippen molar-refractivity contribution in [2.45, 2.75) is 38.1 Å². The van der Waals surface area contributed by atoms with Crippen molar-refractivity contribution in [1.29, 1.82) is 0 Å². The van der Waals surface area contributed by atoms with Crippen LogP contribution in [0.1, 0.15) is 32.1 Å². The zero-order valence-electron chi connectivity index (χ0n) is 9.54. The fraction of sp³-hybridized carbons (Fsp3) is 1.00. The average molecular weight is 218 g/mol. The van der Waals surface area contributed by atoms with Gasteiger partial charge in [-0.3, -0.25) is 0 Å². The van der Waals surface area contributed by atoms with E-state index in [-0.39, 0.29) is 0 Å². The quantitative estimate of drug-likeness (QED) is 0.462. The Bertz CT molecular complexity index is 147. The summed E-state index contributed by atoms with van der Waals surface area (Å²) in [6, 6.07) is 0.948. The van der Waals surface area contributed by atoms with Gasteiger partial charge >= 0.3 is 8.80 Å². The molecular weight excluding hydrogens is 196 g/mol. The van der Waals surface area contributed by atoms with Crippen LogP contribution in [0.2, 0.25) is 6.04 Å².